The molecule has 0 saturated carbocycles. The van der Waals surface area contributed by atoms with Gasteiger partial charge in [0.05, 0.1) is 6.61 Å². The van der Waals surface area contributed by atoms with E-state index in [1.54, 1.807) is 0 Å². The summed E-state index contributed by atoms with van der Waals surface area (Å²) in [6, 6.07) is 16.4. The molecule has 0 spiro atoms. The van der Waals surface area contributed by atoms with Gasteiger partial charge >= 0.3 is 0 Å². The summed E-state index contributed by atoms with van der Waals surface area (Å²) in [6.07, 6.45) is 4.56. The molecule has 1 aliphatic rings. The molecule has 3 heteroatoms. The van der Waals surface area contributed by atoms with E-state index in [0.29, 0.717) is 0 Å². The highest BCUT2D eigenvalue weighted by Gasteiger charge is 2.13. The number of piperidine rings is 1. The molecule has 0 aromatic heterocycles. The first kappa shape index (κ1) is 16.4. The van der Waals surface area contributed by atoms with Gasteiger partial charge in [0.2, 0.25) is 0 Å². The van der Waals surface area contributed by atoms with Gasteiger partial charge in [-0.15, -0.1) is 0 Å². The third-order valence-corrected chi connectivity index (χ3v) is 4.68. The summed E-state index contributed by atoms with van der Waals surface area (Å²) >= 11 is 6.18. The van der Waals surface area contributed by atoms with Crippen molar-refractivity contribution in [3.05, 3.63) is 64.7 Å². The minimum absolute atomic E-state index is 0.744. The Morgan fingerprint density at radius 2 is 2.00 bits per heavy atom. The van der Waals surface area contributed by atoms with E-state index in [1.807, 2.05) is 24.3 Å². The highest BCUT2D eigenvalue weighted by atomic mass is 35.5. The third-order valence-electron chi connectivity index (χ3n) is 4.44. The van der Waals surface area contributed by atoms with Crippen LogP contribution in [-0.4, -0.2) is 19.7 Å². The van der Waals surface area contributed by atoms with E-state index in [0.717, 1.165) is 54.8 Å². The molecule has 1 heterocycles. The van der Waals surface area contributed by atoms with Crippen LogP contribution in [0.4, 0.5) is 0 Å². The molecule has 1 aliphatic heterocycles. The summed E-state index contributed by atoms with van der Waals surface area (Å²) in [5.74, 6) is 1.70. The van der Waals surface area contributed by atoms with Gasteiger partial charge in [-0.25, -0.2) is 0 Å². The Bertz CT molecular complexity index is 608. The Hall–Kier alpha value is -1.51. The van der Waals surface area contributed by atoms with Crippen LogP contribution < -0.4 is 10.1 Å². The van der Waals surface area contributed by atoms with E-state index in [4.69, 9.17) is 16.3 Å². The Labute approximate surface area is 143 Å². The van der Waals surface area contributed by atoms with Gasteiger partial charge in [-0.3, -0.25) is 0 Å². The molecule has 0 radical (unpaired) electrons. The van der Waals surface area contributed by atoms with Crippen LogP contribution in [0.3, 0.4) is 0 Å². The van der Waals surface area contributed by atoms with E-state index in [-0.39, 0.29) is 0 Å². The molecule has 23 heavy (non-hydrogen) atoms. The molecule has 2 aromatic carbocycles. The minimum atomic E-state index is 0.744. The van der Waals surface area contributed by atoms with Crippen molar-refractivity contribution in [3.63, 3.8) is 0 Å². The number of ether oxygens (including phenoxy) is 1. The first-order chi connectivity index (χ1) is 11.3. The smallest absolute Gasteiger partial charge is 0.122 e. The third kappa shape index (κ3) is 4.98. The fraction of sp³-hybridized carbons (Fsp3) is 0.400. The Balaban J connectivity index is 1.61. The van der Waals surface area contributed by atoms with Crippen LogP contribution in [0.25, 0.3) is 0 Å². The molecule has 0 amide bonds. The second kappa shape index (κ2) is 8.37. The van der Waals surface area contributed by atoms with Crippen molar-refractivity contribution >= 4 is 11.6 Å². The summed E-state index contributed by atoms with van der Waals surface area (Å²) in [4.78, 5) is 0. The van der Waals surface area contributed by atoms with Crippen LogP contribution in [0.5, 0.6) is 5.75 Å². The summed E-state index contributed by atoms with van der Waals surface area (Å²) in [5, 5.41) is 4.23. The number of nitrogens with one attached hydrogen (secondary N) is 1. The van der Waals surface area contributed by atoms with Crippen molar-refractivity contribution in [2.45, 2.75) is 25.7 Å². The first-order valence-electron chi connectivity index (χ1n) is 8.47. The van der Waals surface area contributed by atoms with Gasteiger partial charge in [0.25, 0.3) is 0 Å². The largest absolute Gasteiger partial charge is 0.493 e. The number of benzene rings is 2. The molecule has 122 valence electrons. The maximum atomic E-state index is 6.18. The summed E-state index contributed by atoms with van der Waals surface area (Å²) < 4.78 is 6.08. The molecular weight excluding hydrogens is 306 g/mol. The average molecular weight is 330 g/mol. The van der Waals surface area contributed by atoms with Gasteiger partial charge in [-0.2, -0.15) is 0 Å². The molecule has 0 bridgehead atoms. The number of hydrogen-bond donors (Lipinski definition) is 1. The van der Waals surface area contributed by atoms with Crippen LogP contribution in [-0.2, 0) is 6.42 Å². The predicted octanol–water partition coefficient (Wildman–Crippen LogP) is 4.70. The summed E-state index contributed by atoms with van der Waals surface area (Å²) in [5.41, 5.74) is 2.43. The lowest BCUT2D eigenvalue weighted by Gasteiger charge is -2.23. The second-order valence-corrected chi connectivity index (χ2v) is 6.70. The van der Waals surface area contributed by atoms with Crippen molar-refractivity contribution in [2.24, 2.45) is 5.92 Å². The molecule has 0 unspecified atom stereocenters. The highest BCUT2D eigenvalue weighted by molar-refractivity contribution is 6.30. The molecule has 1 N–H and O–H groups in total. The van der Waals surface area contributed by atoms with Crippen LogP contribution >= 0.6 is 11.6 Å². The Kier molecular flexibility index (Phi) is 5.95. The lowest BCUT2D eigenvalue weighted by molar-refractivity contribution is 0.252. The van der Waals surface area contributed by atoms with Crippen LogP contribution in [0.15, 0.2) is 48.5 Å². The van der Waals surface area contributed by atoms with Gasteiger partial charge in [0.15, 0.2) is 0 Å². The lowest BCUT2D eigenvalue weighted by atomic mass is 9.97. The van der Waals surface area contributed by atoms with Crippen molar-refractivity contribution in [1.29, 1.82) is 0 Å². The van der Waals surface area contributed by atoms with Crippen LogP contribution in [0.1, 0.15) is 30.4 Å². The fourth-order valence-electron chi connectivity index (χ4n) is 3.15. The average Bonchev–Trinajstić information content (AvgIpc) is 2.59. The monoisotopic (exact) mass is 329 g/mol. The van der Waals surface area contributed by atoms with E-state index >= 15 is 0 Å². The molecular formula is C20H24ClNO. The summed E-state index contributed by atoms with van der Waals surface area (Å²) in [6.45, 7) is 3.06. The standard InChI is InChI=1S/C20H24ClNO/c21-19-8-9-20(23-12-10-17-7-4-11-22-15-17)18(14-19)13-16-5-2-1-3-6-16/h1-3,5-6,8-9,14,17,22H,4,7,10-13,15H2/t17-/m0/s1. The molecule has 0 aliphatic carbocycles. The van der Waals surface area contributed by atoms with Crippen molar-refractivity contribution in [1.82, 2.24) is 5.32 Å². The van der Waals surface area contributed by atoms with Crippen molar-refractivity contribution in [2.75, 3.05) is 19.7 Å². The Morgan fingerprint density at radius 3 is 2.78 bits per heavy atom. The van der Waals surface area contributed by atoms with Crippen molar-refractivity contribution in [3.8, 4) is 5.75 Å². The molecule has 2 aromatic rings. The SMILES string of the molecule is Clc1ccc(OCC[C@@H]2CCCNC2)c(Cc2ccccc2)c1. The molecule has 1 fully saturated rings. The zero-order valence-electron chi connectivity index (χ0n) is 13.4. The Morgan fingerprint density at radius 1 is 1.13 bits per heavy atom. The predicted molar refractivity (Wildman–Crippen MR) is 96.4 cm³/mol. The first-order valence-corrected chi connectivity index (χ1v) is 8.85. The maximum Gasteiger partial charge on any atom is 0.122 e. The second-order valence-electron chi connectivity index (χ2n) is 6.26. The highest BCUT2D eigenvalue weighted by Crippen LogP contribution is 2.26. The maximum absolute atomic E-state index is 6.18. The number of hydrogen-bond acceptors (Lipinski definition) is 2. The summed E-state index contributed by atoms with van der Waals surface area (Å²) in [7, 11) is 0. The van der Waals surface area contributed by atoms with Crippen LogP contribution in [0, 0.1) is 5.92 Å². The van der Waals surface area contributed by atoms with Gasteiger partial charge in [-0.1, -0.05) is 41.9 Å². The van der Waals surface area contributed by atoms with E-state index < -0.39 is 0 Å². The van der Waals surface area contributed by atoms with Crippen molar-refractivity contribution < 1.29 is 4.74 Å². The van der Waals surface area contributed by atoms with Gasteiger partial charge in [0, 0.05) is 11.4 Å². The van der Waals surface area contributed by atoms with Gasteiger partial charge in [-0.05, 0) is 67.6 Å². The van der Waals surface area contributed by atoms with E-state index in [2.05, 4.69) is 29.6 Å². The zero-order chi connectivity index (χ0) is 15.9. The van der Waals surface area contributed by atoms with Crippen LogP contribution in [0.2, 0.25) is 5.02 Å². The minimum Gasteiger partial charge on any atom is -0.493 e. The normalized spacial score (nSPS) is 17.9. The van der Waals surface area contributed by atoms with Gasteiger partial charge < -0.3 is 10.1 Å². The molecule has 2 nitrogen and oxygen atoms in total. The lowest BCUT2D eigenvalue weighted by Crippen LogP contribution is -2.30. The fourth-order valence-corrected chi connectivity index (χ4v) is 3.34. The molecule has 1 saturated heterocycles. The quantitative estimate of drug-likeness (QED) is 0.829. The number of halogens is 1. The topological polar surface area (TPSA) is 21.3 Å². The molecule has 3 rings (SSSR count). The zero-order valence-corrected chi connectivity index (χ0v) is 14.2. The van der Waals surface area contributed by atoms with Gasteiger partial charge in [0.1, 0.15) is 5.75 Å². The molecule has 1 atom stereocenters. The number of rotatable bonds is 6. The van der Waals surface area contributed by atoms with E-state index in [9.17, 15) is 0 Å². The van der Waals surface area contributed by atoms with E-state index in [1.165, 1.54) is 18.4 Å².